The monoisotopic (exact) mass is 517 g/mol. The van der Waals surface area contributed by atoms with Gasteiger partial charge in [-0.1, -0.05) is 30.3 Å². The molecule has 2 N–H and O–H groups in total. The van der Waals surface area contributed by atoms with Crippen LogP contribution in [-0.2, 0) is 11.0 Å². The first-order valence-corrected chi connectivity index (χ1v) is 11.4. The number of benzene rings is 2. The number of amides is 3. The van der Waals surface area contributed by atoms with Crippen LogP contribution in [0, 0.1) is 5.82 Å². The van der Waals surface area contributed by atoms with Gasteiger partial charge in [-0.2, -0.15) is 18.3 Å². The fourth-order valence-corrected chi connectivity index (χ4v) is 4.17. The van der Waals surface area contributed by atoms with E-state index in [-0.39, 0.29) is 31.9 Å². The highest BCUT2D eigenvalue weighted by molar-refractivity contribution is 5.97. The molecule has 0 spiro atoms. The molecule has 8 nitrogen and oxygen atoms in total. The third-order valence-corrected chi connectivity index (χ3v) is 6.04. The molecule has 1 aromatic heterocycles. The number of nitrogens with zero attached hydrogens (tertiary/aromatic N) is 3. The van der Waals surface area contributed by atoms with Crippen molar-refractivity contribution >= 4 is 17.7 Å². The Morgan fingerprint density at radius 2 is 1.81 bits per heavy atom. The first-order chi connectivity index (χ1) is 17.5. The van der Waals surface area contributed by atoms with E-state index in [1.807, 2.05) is 30.3 Å². The Balaban J connectivity index is 1.35. The van der Waals surface area contributed by atoms with Gasteiger partial charge in [-0.3, -0.25) is 19.5 Å². The fourth-order valence-electron chi connectivity index (χ4n) is 4.17. The minimum absolute atomic E-state index is 0.0422. The fraction of sp³-hybridized carbons (Fsp3) is 0.280. The molecule has 1 aliphatic heterocycles. The van der Waals surface area contributed by atoms with Gasteiger partial charge >= 0.3 is 6.18 Å². The average molecular weight is 517 g/mol. The minimum Gasteiger partial charge on any atom is -0.342 e. The number of aromatic nitrogens is 2. The summed E-state index contributed by atoms with van der Waals surface area (Å²) in [6, 6.07) is 12.0. The predicted molar refractivity (Wildman–Crippen MR) is 125 cm³/mol. The minimum atomic E-state index is -4.82. The van der Waals surface area contributed by atoms with E-state index in [2.05, 4.69) is 15.5 Å². The largest absolute Gasteiger partial charge is 0.417 e. The molecule has 1 saturated heterocycles. The second kappa shape index (κ2) is 10.4. The molecule has 1 fully saturated rings. The van der Waals surface area contributed by atoms with Gasteiger partial charge in [0.25, 0.3) is 11.8 Å². The van der Waals surface area contributed by atoms with Crippen molar-refractivity contribution in [3.63, 3.8) is 0 Å². The van der Waals surface area contributed by atoms with Gasteiger partial charge in [0, 0.05) is 31.2 Å². The van der Waals surface area contributed by atoms with E-state index >= 15 is 0 Å². The van der Waals surface area contributed by atoms with Crippen LogP contribution in [-0.4, -0.2) is 69.9 Å². The molecule has 37 heavy (non-hydrogen) atoms. The first-order valence-electron chi connectivity index (χ1n) is 11.4. The number of hydrogen-bond donors (Lipinski definition) is 2. The zero-order valence-electron chi connectivity index (χ0n) is 19.7. The van der Waals surface area contributed by atoms with Gasteiger partial charge < -0.3 is 15.1 Å². The molecule has 1 aliphatic rings. The summed E-state index contributed by atoms with van der Waals surface area (Å²) in [7, 11) is 0. The van der Waals surface area contributed by atoms with Crippen LogP contribution in [0.1, 0.15) is 33.3 Å². The third kappa shape index (κ3) is 5.79. The van der Waals surface area contributed by atoms with Crippen LogP contribution in [0.2, 0.25) is 0 Å². The van der Waals surface area contributed by atoms with Crippen LogP contribution >= 0.6 is 0 Å². The maximum Gasteiger partial charge on any atom is 0.417 e. The number of halogens is 4. The molecule has 1 unspecified atom stereocenters. The van der Waals surface area contributed by atoms with Crippen LogP contribution in [0.25, 0.3) is 11.3 Å². The lowest BCUT2D eigenvalue weighted by atomic mass is 10.0. The number of H-pyrrole nitrogens is 1. The Kier molecular flexibility index (Phi) is 7.28. The first kappa shape index (κ1) is 25.9. The topological polar surface area (TPSA) is 98.4 Å². The molecule has 4 rings (SSSR count). The molecule has 194 valence electrons. The molecule has 0 saturated carbocycles. The highest BCUT2D eigenvalue weighted by Crippen LogP contribution is 2.33. The van der Waals surface area contributed by atoms with E-state index in [0.717, 1.165) is 10.5 Å². The molecule has 2 heterocycles. The number of alkyl halides is 3. The quantitative estimate of drug-likeness (QED) is 0.508. The van der Waals surface area contributed by atoms with E-state index in [4.69, 9.17) is 0 Å². The number of piperazine rings is 1. The van der Waals surface area contributed by atoms with Crippen molar-refractivity contribution in [3.05, 3.63) is 77.2 Å². The standard InChI is InChI=1S/C25H23F4N5O3/c1-15-14-33(24(37)18-11-17(26)7-8-19(18)25(27,28)29)9-10-34(15)22(35)13-30-23(36)21-12-20(31-32-21)16-5-3-2-4-6-16/h2-8,11-12,15H,9-10,13-14H2,1H3,(H,30,36)(H,31,32). The van der Waals surface area contributed by atoms with E-state index < -0.39 is 46.9 Å². The molecule has 3 aromatic rings. The Morgan fingerprint density at radius 1 is 1.08 bits per heavy atom. The van der Waals surface area contributed by atoms with Crippen LogP contribution < -0.4 is 5.32 Å². The SMILES string of the molecule is CC1CN(C(=O)c2cc(F)ccc2C(F)(F)F)CCN1C(=O)CNC(=O)c1cc(-c2ccccc2)n[nH]1. The normalized spacial score (nSPS) is 16.0. The molecule has 0 aliphatic carbocycles. The summed E-state index contributed by atoms with van der Waals surface area (Å²) < 4.78 is 53.6. The maximum absolute atomic E-state index is 13.6. The summed E-state index contributed by atoms with van der Waals surface area (Å²) in [6.07, 6.45) is -4.82. The van der Waals surface area contributed by atoms with E-state index in [9.17, 15) is 31.9 Å². The molecule has 0 radical (unpaired) electrons. The summed E-state index contributed by atoms with van der Waals surface area (Å²) in [6.45, 7) is 1.26. The zero-order valence-corrected chi connectivity index (χ0v) is 19.7. The molecule has 2 aromatic carbocycles. The number of nitrogens with one attached hydrogen (secondary N) is 2. The highest BCUT2D eigenvalue weighted by atomic mass is 19.4. The third-order valence-electron chi connectivity index (χ3n) is 6.04. The van der Waals surface area contributed by atoms with Gasteiger partial charge in [-0.15, -0.1) is 0 Å². The van der Waals surface area contributed by atoms with Gasteiger partial charge in [0.15, 0.2) is 0 Å². The predicted octanol–water partition coefficient (Wildman–Crippen LogP) is 3.34. The van der Waals surface area contributed by atoms with Gasteiger partial charge in [0.1, 0.15) is 11.5 Å². The van der Waals surface area contributed by atoms with Crippen molar-refractivity contribution in [2.24, 2.45) is 0 Å². The smallest absolute Gasteiger partial charge is 0.342 e. The van der Waals surface area contributed by atoms with Gasteiger partial charge in [-0.25, -0.2) is 4.39 Å². The lowest BCUT2D eigenvalue weighted by Crippen LogP contribution is -2.57. The Labute approximate surface area is 209 Å². The number of rotatable bonds is 5. The Morgan fingerprint density at radius 3 is 2.49 bits per heavy atom. The molecular weight excluding hydrogens is 494 g/mol. The van der Waals surface area contributed by atoms with E-state index in [1.54, 1.807) is 13.0 Å². The number of aromatic amines is 1. The summed E-state index contributed by atoms with van der Waals surface area (Å²) >= 11 is 0. The molecule has 3 amide bonds. The summed E-state index contributed by atoms with van der Waals surface area (Å²) in [5.41, 5.74) is -0.442. The van der Waals surface area contributed by atoms with Crippen LogP contribution in [0.4, 0.5) is 17.6 Å². The molecule has 12 heteroatoms. The van der Waals surface area contributed by atoms with Gasteiger partial charge in [0.2, 0.25) is 5.91 Å². The maximum atomic E-state index is 13.6. The Bertz CT molecular complexity index is 1310. The lowest BCUT2D eigenvalue weighted by Gasteiger charge is -2.40. The van der Waals surface area contributed by atoms with Crippen LogP contribution in [0.15, 0.2) is 54.6 Å². The second-order valence-electron chi connectivity index (χ2n) is 8.59. The zero-order chi connectivity index (χ0) is 26.7. The van der Waals surface area contributed by atoms with Crippen molar-refractivity contribution in [2.75, 3.05) is 26.2 Å². The van der Waals surface area contributed by atoms with Crippen LogP contribution in [0.5, 0.6) is 0 Å². The van der Waals surface area contributed by atoms with Crippen molar-refractivity contribution < 1.29 is 31.9 Å². The highest BCUT2D eigenvalue weighted by Gasteiger charge is 2.38. The Hall–Kier alpha value is -4.22. The molecule has 0 bridgehead atoms. The summed E-state index contributed by atoms with van der Waals surface area (Å²) in [4.78, 5) is 40.6. The summed E-state index contributed by atoms with van der Waals surface area (Å²) in [5, 5.41) is 9.25. The van der Waals surface area contributed by atoms with Crippen LogP contribution in [0.3, 0.4) is 0 Å². The van der Waals surface area contributed by atoms with Gasteiger partial charge in [-0.05, 0) is 31.2 Å². The van der Waals surface area contributed by atoms with Crippen molar-refractivity contribution in [1.82, 2.24) is 25.3 Å². The molecular formula is C25H23F4N5O3. The van der Waals surface area contributed by atoms with E-state index in [0.29, 0.717) is 23.9 Å². The second-order valence-corrected chi connectivity index (χ2v) is 8.59. The summed E-state index contributed by atoms with van der Waals surface area (Å²) in [5.74, 6) is -2.87. The van der Waals surface area contributed by atoms with Crippen molar-refractivity contribution in [1.29, 1.82) is 0 Å². The van der Waals surface area contributed by atoms with Gasteiger partial charge in [0.05, 0.1) is 23.4 Å². The van der Waals surface area contributed by atoms with Crippen molar-refractivity contribution in [3.8, 4) is 11.3 Å². The number of hydrogen-bond acceptors (Lipinski definition) is 4. The average Bonchev–Trinajstić information content (AvgIpc) is 3.37. The van der Waals surface area contributed by atoms with E-state index in [1.165, 1.54) is 4.90 Å². The number of carbonyl (C=O) groups excluding carboxylic acids is 3. The van der Waals surface area contributed by atoms with Crippen molar-refractivity contribution in [2.45, 2.75) is 19.1 Å². The lowest BCUT2D eigenvalue weighted by molar-refractivity contribution is -0.138. The number of carbonyl (C=O) groups is 3. The molecule has 1 atom stereocenters.